The highest BCUT2D eigenvalue weighted by molar-refractivity contribution is 7.81. The van der Waals surface area contributed by atoms with Crippen LogP contribution in [0.2, 0.25) is 5.02 Å². The summed E-state index contributed by atoms with van der Waals surface area (Å²) in [7, 11) is 6.08. The van der Waals surface area contributed by atoms with Crippen molar-refractivity contribution < 1.29 is 48.0 Å². The number of hydrogen-bond acceptors (Lipinski definition) is 11. The maximum Gasteiger partial charge on any atom is 0.409 e. The topological polar surface area (TPSA) is 156 Å². The van der Waals surface area contributed by atoms with Gasteiger partial charge < -0.3 is 38.6 Å². The van der Waals surface area contributed by atoms with Gasteiger partial charge in [0.15, 0.2) is 5.72 Å². The highest BCUT2D eigenvalue weighted by Gasteiger charge is 2.60. The first-order chi connectivity index (χ1) is 25.1. The second-order valence-electron chi connectivity index (χ2n) is 15.7. The van der Waals surface area contributed by atoms with E-state index in [4.69, 9.17) is 35.3 Å². The number of likely N-dealkylation sites (N-methyl/N-ethyl adjacent to an activating group) is 1. The minimum Gasteiger partial charge on any atom is -0.495 e. The van der Waals surface area contributed by atoms with Gasteiger partial charge in [0.25, 0.3) is 0 Å². The van der Waals surface area contributed by atoms with Gasteiger partial charge >= 0.3 is 12.1 Å². The highest BCUT2D eigenvalue weighted by Crippen LogP contribution is 2.48. The Balaban J connectivity index is 1.71. The molecule has 4 rings (SSSR count). The van der Waals surface area contributed by atoms with Crippen LogP contribution in [0.1, 0.15) is 79.2 Å². The average Bonchev–Trinajstić information content (AvgIpc) is 3.76. The maximum atomic E-state index is 14.1. The number of hydrogen-bond donors (Lipinski definition) is 3. The largest absolute Gasteiger partial charge is 0.495 e. The van der Waals surface area contributed by atoms with Gasteiger partial charge in [-0.2, -0.15) is 12.6 Å². The number of nitrogens with zero attached hydrogens (tertiary/aromatic N) is 2. The summed E-state index contributed by atoms with van der Waals surface area (Å²) < 4.78 is 28.8. The van der Waals surface area contributed by atoms with E-state index in [0.717, 1.165) is 11.1 Å². The van der Waals surface area contributed by atoms with Crippen LogP contribution in [-0.4, -0.2) is 109 Å². The molecule has 4 bridgehead atoms. The highest BCUT2D eigenvalue weighted by atomic mass is 35.5. The lowest BCUT2D eigenvalue weighted by molar-refractivity contribution is -0.159. The quantitative estimate of drug-likeness (QED) is 0.177. The van der Waals surface area contributed by atoms with Crippen LogP contribution in [0.25, 0.3) is 0 Å². The first-order valence-electron chi connectivity index (χ1n) is 18.2. The van der Waals surface area contributed by atoms with Crippen molar-refractivity contribution in [3.63, 3.8) is 0 Å². The molecule has 2 saturated heterocycles. The van der Waals surface area contributed by atoms with Crippen molar-refractivity contribution >= 4 is 53.8 Å². The Morgan fingerprint density at radius 1 is 1.24 bits per heavy atom. The summed E-state index contributed by atoms with van der Waals surface area (Å²) >= 11 is 11.3. The predicted molar refractivity (Wildman–Crippen MR) is 208 cm³/mol. The normalized spacial score (nSPS) is 31.4. The second kappa shape index (κ2) is 17.2. The number of alkyl carbamates (subject to hydrolysis) is 1. The zero-order valence-corrected chi connectivity index (χ0v) is 34.6. The monoisotopic (exact) mass is 793 g/mol. The number of thiol groups is 1. The van der Waals surface area contributed by atoms with E-state index in [2.05, 4.69) is 17.9 Å². The van der Waals surface area contributed by atoms with Crippen LogP contribution in [0.3, 0.4) is 0 Å². The van der Waals surface area contributed by atoms with E-state index in [-0.39, 0.29) is 47.3 Å². The number of amides is 3. The Bertz CT molecular complexity index is 1650. The van der Waals surface area contributed by atoms with Gasteiger partial charge in [-0.05, 0) is 51.3 Å². The number of halogens is 1. The minimum atomic E-state index is -1.79. The summed E-state index contributed by atoms with van der Waals surface area (Å²) in [5.41, 5.74) is -0.536. The molecule has 0 spiro atoms. The summed E-state index contributed by atoms with van der Waals surface area (Å²) in [6, 6.07) is 2.65. The molecule has 2 fully saturated rings. The molecule has 0 saturated carbocycles. The van der Waals surface area contributed by atoms with Crippen LogP contribution >= 0.6 is 24.2 Å². The molecule has 3 heterocycles. The van der Waals surface area contributed by atoms with Gasteiger partial charge in [-0.1, -0.05) is 56.2 Å². The van der Waals surface area contributed by atoms with Gasteiger partial charge in [0.05, 0.1) is 30.9 Å². The molecule has 0 aromatic heterocycles. The number of benzene rings is 1. The first-order valence-corrected chi connectivity index (χ1v) is 19.0. The van der Waals surface area contributed by atoms with Crippen LogP contribution in [0.4, 0.5) is 10.5 Å². The van der Waals surface area contributed by atoms with Gasteiger partial charge in [-0.25, -0.2) is 9.59 Å². The number of nitrogens with one attached hydrogen (secondary N) is 1. The molecule has 2 N–H and O–H groups in total. The number of rotatable bonds is 8. The van der Waals surface area contributed by atoms with Crippen LogP contribution in [0.5, 0.6) is 5.75 Å². The van der Waals surface area contributed by atoms with E-state index in [1.807, 2.05) is 40.7 Å². The zero-order valence-electron chi connectivity index (χ0n) is 32.9. The van der Waals surface area contributed by atoms with Crippen LogP contribution in [-0.2, 0) is 39.8 Å². The third-order valence-electron chi connectivity index (χ3n) is 10.6. The minimum absolute atomic E-state index is 0.00128. The molecule has 1 aromatic rings. The lowest BCUT2D eigenvalue weighted by Gasteiger charge is -2.42. The number of anilines is 1. The fourth-order valence-corrected chi connectivity index (χ4v) is 7.49. The van der Waals surface area contributed by atoms with Gasteiger partial charge in [-0.15, -0.1) is 0 Å². The SMILES string of the molecule is COc1cc2cc(c1Cl)N(C)C(=O)C[C@H](OC(=O)[C@H](C)N(C)C(=O)CCC(C)(C)S)C[C@@]1(C)O[C@H]1[C@H](C)[C@@H]1C[C@@](O)(NC(=O)O1)[C@H](OC)/C=C/C=C(\C)C2. The number of fused-ring (bicyclic) bond motifs is 5. The molecule has 0 unspecified atom stereocenters. The van der Waals surface area contributed by atoms with Crippen molar-refractivity contribution in [1.29, 1.82) is 0 Å². The number of allylic oxidation sites excluding steroid dienone is 3. The third-order valence-corrected chi connectivity index (χ3v) is 11.2. The predicted octanol–water partition coefficient (Wildman–Crippen LogP) is 5.39. The average molecular weight is 794 g/mol. The molecule has 15 heteroatoms. The fraction of sp³-hybridized carbons (Fsp3) is 0.641. The molecular formula is C39H56ClN3O10S. The summed E-state index contributed by atoms with van der Waals surface area (Å²) in [6.07, 6.45) is 2.39. The van der Waals surface area contributed by atoms with Crippen molar-refractivity contribution in [2.24, 2.45) is 5.92 Å². The Hall–Kier alpha value is -3.30. The summed E-state index contributed by atoms with van der Waals surface area (Å²) in [4.78, 5) is 56.3. The van der Waals surface area contributed by atoms with E-state index in [1.165, 1.54) is 24.0 Å². The number of carbonyl (C=O) groups is 4. The van der Waals surface area contributed by atoms with Crippen molar-refractivity contribution in [1.82, 2.24) is 10.2 Å². The molecule has 54 heavy (non-hydrogen) atoms. The Labute approximate surface area is 329 Å². The Morgan fingerprint density at radius 3 is 2.56 bits per heavy atom. The van der Waals surface area contributed by atoms with Gasteiger partial charge in [0.1, 0.15) is 35.1 Å². The molecule has 1 aromatic carbocycles. The molecule has 3 aliphatic rings. The molecular weight excluding hydrogens is 738 g/mol. The lowest BCUT2D eigenvalue weighted by Crippen LogP contribution is -2.63. The smallest absolute Gasteiger partial charge is 0.409 e. The fourth-order valence-electron chi connectivity index (χ4n) is 7.07. The third kappa shape index (κ3) is 10.5. The second-order valence-corrected chi connectivity index (χ2v) is 17.3. The maximum absolute atomic E-state index is 14.1. The zero-order chi connectivity index (χ0) is 40.3. The molecule has 300 valence electrons. The van der Waals surface area contributed by atoms with Crippen molar-refractivity contribution in [2.75, 3.05) is 33.2 Å². The molecule has 0 aliphatic carbocycles. The Kier molecular flexibility index (Phi) is 13.9. The standard InChI is InChI=1S/C39H56ClN3O10S/c1-22-12-11-13-30(50-10)39(48)21-29(52-36(47)41-39)23(2)34-38(6,53-34)20-26(51-35(46)24(3)42(7)31(44)14-15-37(4,5)54)19-32(45)43(8)27-17-25(16-22)18-28(49-9)33(27)40/h11-13,17-18,23-24,26,29-30,34,48,54H,14-16,19-21H2,1-10H3,(H,41,47)/b13-11+,22-12+/t23-,24+,26+,29+,30-,34+,38-,39+/m1/s1. The summed E-state index contributed by atoms with van der Waals surface area (Å²) in [6.45, 7) is 11.0. The molecule has 8 atom stereocenters. The molecule has 3 aliphatic heterocycles. The van der Waals surface area contributed by atoms with E-state index in [1.54, 1.807) is 45.3 Å². The van der Waals surface area contributed by atoms with Crippen molar-refractivity contribution in [3.05, 3.63) is 46.5 Å². The summed E-state index contributed by atoms with van der Waals surface area (Å²) in [5, 5.41) is 14.5. The van der Waals surface area contributed by atoms with Crippen molar-refractivity contribution in [3.8, 4) is 5.75 Å². The number of esters is 1. The van der Waals surface area contributed by atoms with Crippen LogP contribution in [0, 0.1) is 5.92 Å². The van der Waals surface area contributed by atoms with Gasteiger partial charge in [0.2, 0.25) is 11.8 Å². The van der Waals surface area contributed by atoms with E-state index < -0.39 is 59.8 Å². The number of aliphatic hydroxyl groups is 1. The van der Waals surface area contributed by atoms with E-state index in [0.29, 0.717) is 24.3 Å². The Morgan fingerprint density at radius 2 is 1.93 bits per heavy atom. The number of epoxide rings is 1. The van der Waals surface area contributed by atoms with E-state index in [9.17, 15) is 24.3 Å². The molecule has 13 nitrogen and oxygen atoms in total. The first kappa shape index (κ1) is 43.4. The number of carbonyl (C=O) groups excluding carboxylic acids is 4. The number of methoxy groups -OCH3 is 2. The van der Waals surface area contributed by atoms with Gasteiger partial charge in [0, 0.05) is 51.1 Å². The number of ether oxygens (including phenoxy) is 5. The lowest BCUT2D eigenvalue weighted by atomic mass is 9.84. The summed E-state index contributed by atoms with van der Waals surface area (Å²) in [5.74, 6) is -1.34. The van der Waals surface area contributed by atoms with E-state index >= 15 is 0 Å². The van der Waals surface area contributed by atoms with Crippen LogP contribution < -0.4 is 15.0 Å². The molecule has 3 amide bonds. The van der Waals surface area contributed by atoms with Gasteiger partial charge in [-0.3, -0.25) is 14.9 Å². The van der Waals surface area contributed by atoms with Crippen LogP contribution in [0.15, 0.2) is 35.9 Å². The molecule has 0 radical (unpaired) electrons. The van der Waals surface area contributed by atoms with Crippen molar-refractivity contribution in [2.45, 2.75) is 127 Å².